The third-order valence-corrected chi connectivity index (χ3v) is 5.08. The fourth-order valence-corrected chi connectivity index (χ4v) is 3.77. The molecule has 0 unspecified atom stereocenters. The van der Waals surface area contributed by atoms with Crippen LogP contribution in [0.1, 0.15) is 11.1 Å². The lowest BCUT2D eigenvalue weighted by atomic mass is 10.1. The Morgan fingerprint density at radius 2 is 1.57 bits per heavy atom. The summed E-state index contributed by atoms with van der Waals surface area (Å²) in [5.74, 6) is 3.15. The summed E-state index contributed by atoms with van der Waals surface area (Å²) in [6.45, 7) is 5.39. The fourth-order valence-electron chi connectivity index (χ4n) is 3.77. The van der Waals surface area contributed by atoms with Crippen molar-refractivity contribution >= 4 is 11.0 Å². The van der Waals surface area contributed by atoms with Crippen LogP contribution in [0.25, 0.3) is 22.4 Å². The molecule has 5 nitrogen and oxygen atoms in total. The van der Waals surface area contributed by atoms with Gasteiger partial charge in [-0.05, 0) is 67.4 Å². The van der Waals surface area contributed by atoms with Crippen molar-refractivity contribution < 1.29 is 14.2 Å². The monoisotopic (exact) mass is 402 g/mol. The molecular formula is C25H26N2O3. The number of aromatic nitrogens is 2. The Labute approximate surface area is 176 Å². The number of rotatable bonds is 7. The summed E-state index contributed by atoms with van der Waals surface area (Å²) >= 11 is 0. The summed E-state index contributed by atoms with van der Waals surface area (Å²) in [5.41, 5.74) is 5.39. The first-order valence-electron chi connectivity index (χ1n) is 9.98. The van der Waals surface area contributed by atoms with Gasteiger partial charge in [-0.3, -0.25) is 0 Å². The van der Waals surface area contributed by atoms with E-state index in [-0.39, 0.29) is 0 Å². The summed E-state index contributed by atoms with van der Waals surface area (Å²) in [5, 5.41) is 0. The Morgan fingerprint density at radius 1 is 0.833 bits per heavy atom. The number of hydrogen-bond donors (Lipinski definition) is 0. The van der Waals surface area contributed by atoms with E-state index < -0.39 is 0 Å². The lowest BCUT2D eigenvalue weighted by molar-refractivity contribution is 0.300. The van der Waals surface area contributed by atoms with Gasteiger partial charge >= 0.3 is 0 Å². The van der Waals surface area contributed by atoms with Gasteiger partial charge in [0, 0.05) is 5.56 Å². The number of para-hydroxylation sites is 2. The highest BCUT2D eigenvalue weighted by Crippen LogP contribution is 2.33. The van der Waals surface area contributed by atoms with E-state index in [1.165, 1.54) is 11.1 Å². The van der Waals surface area contributed by atoms with Crippen LogP contribution in [0.2, 0.25) is 0 Å². The molecule has 4 rings (SSSR count). The van der Waals surface area contributed by atoms with Gasteiger partial charge in [-0.15, -0.1) is 0 Å². The van der Waals surface area contributed by atoms with Gasteiger partial charge in [0.1, 0.15) is 18.2 Å². The quantitative estimate of drug-likeness (QED) is 0.414. The molecule has 0 fully saturated rings. The van der Waals surface area contributed by atoms with Crippen LogP contribution < -0.4 is 14.2 Å². The summed E-state index contributed by atoms with van der Waals surface area (Å²) in [7, 11) is 3.28. The average molecular weight is 402 g/mol. The Hall–Kier alpha value is -3.47. The molecule has 1 heterocycles. The molecular weight excluding hydrogens is 376 g/mol. The molecule has 0 saturated heterocycles. The highest BCUT2D eigenvalue weighted by atomic mass is 16.5. The Balaban J connectivity index is 1.67. The molecule has 154 valence electrons. The molecule has 0 atom stereocenters. The number of imidazole rings is 1. The topological polar surface area (TPSA) is 45.5 Å². The van der Waals surface area contributed by atoms with Crippen molar-refractivity contribution in [3.05, 3.63) is 71.8 Å². The molecule has 3 aromatic carbocycles. The maximum Gasteiger partial charge on any atom is 0.161 e. The van der Waals surface area contributed by atoms with Crippen LogP contribution in [-0.2, 0) is 6.54 Å². The van der Waals surface area contributed by atoms with E-state index in [9.17, 15) is 0 Å². The van der Waals surface area contributed by atoms with Gasteiger partial charge in [-0.25, -0.2) is 4.98 Å². The predicted molar refractivity (Wildman–Crippen MR) is 120 cm³/mol. The van der Waals surface area contributed by atoms with Gasteiger partial charge in [0.2, 0.25) is 0 Å². The van der Waals surface area contributed by atoms with Gasteiger partial charge in [-0.2, -0.15) is 0 Å². The maximum atomic E-state index is 6.07. The number of methoxy groups -OCH3 is 2. The molecule has 0 bridgehead atoms. The Morgan fingerprint density at radius 3 is 2.30 bits per heavy atom. The van der Waals surface area contributed by atoms with Crippen molar-refractivity contribution in [3.8, 4) is 28.6 Å². The molecule has 5 heteroatoms. The number of aryl methyl sites for hydroxylation is 2. The minimum absolute atomic E-state index is 0.545. The minimum atomic E-state index is 0.545. The zero-order valence-electron chi connectivity index (χ0n) is 17.8. The van der Waals surface area contributed by atoms with Gasteiger partial charge in [0.05, 0.1) is 31.8 Å². The molecule has 0 aliphatic heterocycles. The Kier molecular flexibility index (Phi) is 5.61. The van der Waals surface area contributed by atoms with Gasteiger partial charge in [0.15, 0.2) is 11.5 Å². The third kappa shape index (κ3) is 3.96. The highest BCUT2D eigenvalue weighted by molar-refractivity contribution is 5.81. The maximum absolute atomic E-state index is 6.07. The average Bonchev–Trinajstić information content (AvgIpc) is 3.11. The largest absolute Gasteiger partial charge is 0.493 e. The van der Waals surface area contributed by atoms with Crippen molar-refractivity contribution in [3.63, 3.8) is 0 Å². The van der Waals surface area contributed by atoms with Crippen LogP contribution in [-0.4, -0.2) is 30.4 Å². The fraction of sp³-hybridized carbons (Fsp3) is 0.240. The van der Waals surface area contributed by atoms with E-state index >= 15 is 0 Å². The number of nitrogens with zero attached hydrogens (tertiary/aromatic N) is 2. The summed E-state index contributed by atoms with van der Waals surface area (Å²) in [6.07, 6.45) is 0. The van der Waals surface area contributed by atoms with Crippen LogP contribution >= 0.6 is 0 Å². The summed E-state index contributed by atoms with van der Waals surface area (Å²) in [6, 6.07) is 20.3. The molecule has 0 saturated carbocycles. The molecule has 30 heavy (non-hydrogen) atoms. The van der Waals surface area contributed by atoms with Crippen LogP contribution in [0.4, 0.5) is 0 Å². The van der Waals surface area contributed by atoms with E-state index in [4.69, 9.17) is 19.2 Å². The molecule has 0 amide bonds. The van der Waals surface area contributed by atoms with Crippen LogP contribution in [0, 0.1) is 13.8 Å². The van der Waals surface area contributed by atoms with E-state index in [2.05, 4.69) is 42.7 Å². The lowest BCUT2D eigenvalue weighted by Crippen LogP contribution is -2.09. The number of hydrogen-bond acceptors (Lipinski definition) is 4. The lowest BCUT2D eigenvalue weighted by Gasteiger charge is -2.13. The molecule has 0 radical (unpaired) electrons. The Bertz CT molecular complexity index is 1160. The van der Waals surface area contributed by atoms with E-state index in [0.717, 1.165) is 28.2 Å². The van der Waals surface area contributed by atoms with E-state index in [0.29, 0.717) is 24.7 Å². The van der Waals surface area contributed by atoms with E-state index in [1.807, 2.05) is 36.4 Å². The third-order valence-electron chi connectivity index (χ3n) is 5.08. The SMILES string of the molecule is COc1ccc(-c2nc3ccccc3n2CCOc2cc(C)cc(C)c2)cc1OC. The second kappa shape index (κ2) is 8.49. The molecule has 0 aliphatic rings. The van der Waals surface area contributed by atoms with Crippen LogP contribution in [0.3, 0.4) is 0 Å². The first kappa shape index (κ1) is 19.8. The number of fused-ring (bicyclic) bond motifs is 1. The van der Waals surface area contributed by atoms with Crippen molar-refractivity contribution in [2.24, 2.45) is 0 Å². The predicted octanol–water partition coefficient (Wildman–Crippen LogP) is 5.42. The molecule has 0 N–H and O–H groups in total. The van der Waals surface area contributed by atoms with Crippen LogP contribution in [0.5, 0.6) is 17.2 Å². The van der Waals surface area contributed by atoms with Gasteiger partial charge < -0.3 is 18.8 Å². The molecule has 1 aromatic heterocycles. The normalized spacial score (nSPS) is 10.9. The van der Waals surface area contributed by atoms with Gasteiger partial charge in [0.25, 0.3) is 0 Å². The molecule has 0 spiro atoms. The molecule has 4 aromatic rings. The smallest absolute Gasteiger partial charge is 0.161 e. The minimum Gasteiger partial charge on any atom is -0.493 e. The second-order valence-electron chi connectivity index (χ2n) is 7.32. The number of ether oxygens (including phenoxy) is 3. The molecule has 0 aliphatic carbocycles. The van der Waals surface area contributed by atoms with Crippen molar-refractivity contribution in [2.45, 2.75) is 20.4 Å². The zero-order valence-corrected chi connectivity index (χ0v) is 17.8. The summed E-state index contributed by atoms with van der Waals surface area (Å²) in [4.78, 5) is 4.88. The van der Waals surface area contributed by atoms with Crippen molar-refractivity contribution in [2.75, 3.05) is 20.8 Å². The van der Waals surface area contributed by atoms with Crippen LogP contribution in [0.15, 0.2) is 60.7 Å². The zero-order chi connectivity index (χ0) is 21.1. The standard InChI is InChI=1S/C25H26N2O3/c1-17-13-18(2)15-20(14-17)30-12-11-27-22-8-6-5-7-21(22)26-25(27)19-9-10-23(28-3)24(16-19)29-4/h5-10,13-16H,11-12H2,1-4H3. The summed E-state index contributed by atoms with van der Waals surface area (Å²) < 4.78 is 19.1. The first-order valence-corrected chi connectivity index (χ1v) is 9.98. The highest BCUT2D eigenvalue weighted by Gasteiger charge is 2.15. The van der Waals surface area contributed by atoms with E-state index in [1.54, 1.807) is 14.2 Å². The van der Waals surface area contributed by atoms with Gasteiger partial charge in [-0.1, -0.05) is 18.2 Å². The van der Waals surface area contributed by atoms with Crippen molar-refractivity contribution in [1.82, 2.24) is 9.55 Å². The second-order valence-corrected chi connectivity index (χ2v) is 7.32. The first-order chi connectivity index (χ1) is 14.6. The van der Waals surface area contributed by atoms with Crippen molar-refractivity contribution in [1.29, 1.82) is 0 Å². The number of benzene rings is 3.